The molecule has 0 unspecified atom stereocenters. The number of benzene rings is 2. The van der Waals surface area contributed by atoms with Crippen molar-refractivity contribution in [1.29, 1.82) is 0 Å². The molecule has 4 rings (SSSR count). The van der Waals surface area contributed by atoms with E-state index in [0.29, 0.717) is 5.95 Å². The van der Waals surface area contributed by atoms with Crippen molar-refractivity contribution in [3.05, 3.63) is 54.7 Å². The van der Waals surface area contributed by atoms with E-state index in [-0.39, 0.29) is 6.10 Å². The second-order valence-electron chi connectivity index (χ2n) is 6.85. The Bertz CT molecular complexity index is 941. The highest BCUT2D eigenvalue weighted by Crippen LogP contribution is 2.25. The molecule has 0 atom stereocenters. The Balaban J connectivity index is 1.39. The van der Waals surface area contributed by atoms with Gasteiger partial charge in [0.2, 0.25) is 5.95 Å². The molecular formula is C22H24N4O3. The average Bonchev–Trinajstić information content (AvgIpc) is 2.80. The lowest BCUT2D eigenvalue weighted by Crippen LogP contribution is -2.39. The maximum Gasteiger partial charge on any atom is 0.245 e. The monoisotopic (exact) mass is 392 g/mol. The predicted octanol–water partition coefficient (Wildman–Crippen LogP) is 3.60. The molecule has 2 aromatic carbocycles. The fourth-order valence-corrected chi connectivity index (χ4v) is 3.37. The number of anilines is 1. The summed E-state index contributed by atoms with van der Waals surface area (Å²) in [4.78, 5) is 6.87. The minimum Gasteiger partial charge on any atom is -0.497 e. The van der Waals surface area contributed by atoms with Crippen LogP contribution in [0.25, 0.3) is 11.3 Å². The van der Waals surface area contributed by atoms with Crippen molar-refractivity contribution >= 4 is 5.95 Å². The molecule has 0 saturated carbocycles. The summed E-state index contributed by atoms with van der Waals surface area (Å²) in [6.07, 6.45) is 3.66. The molecule has 1 aliphatic heterocycles. The number of nitrogens with zero attached hydrogens (tertiary/aromatic N) is 4. The second kappa shape index (κ2) is 8.77. The SMILES string of the molecule is COc1ccc(OC2CCN(c3nncc(-c4cccc(OC)c4)n3)CC2)cc1. The van der Waals surface area contributed by atoms with Gasteiger partial charge in [-0.05, 0) is 36.4 Å². The number of aromatic nitrogens is 3. The Morgan fingerprint density at radius 3 is 2.34 bits per heavy atom. The summed E-state index contributed by atoms with van der Waals surface area (Å²) >= 11 is 0. The van der Waals surface area contributed by atoms with Gasteiger partial charge in [0.05, 0.1) is 26.1 Å². The third-order valence-corrected chi connectivity index (χ3v) is 5.00. The summed E-state index contributed by atoms with van der Waals surface area (Å²) in [7, 11) is 3.31. The van der Waals surface area contributed by atoms with Gasteiger partial charge in [-0.1, -0.05) is 12.1 Å². The normalized spacial score (nSPS) is 14.5. The lowest BCUT2D eigenvalue weighted by atomic mass is 10.1. The van der Waals surface area contributed by atoms with Crippen molar-refractivity contribution < 1.29 is 14.2 Å². The van der Waals surface area contributed by atoms with Crippen LogP contribution in [0.5, 0.6) is 17.2 Å². The first-order valence-corrected chi connectivity index (χ1v) is 9.65. The van der Waals surface area contributed by atoms with Crippen LogP contribution in [-0.4, -0.2) is 48.6 Å². The van der Waals surface area contributed by atoms with Gasteiger partial charge in [0, 0.05) is 31.5 Å². The van der Waals surface area contributed by atoms with Gasteiger partial charge in [-0.15, -0.1) is 5.10 Å². The molecule has 0 amide bonds. The van der Waals surface area contributed by atoms with Crippen LogP contribution in [0.4, 0.5) is 5.95 Å². The van der Waals surface area contributed by atoms with E-state index in [4.69, 9.17) is 19.2 Å². The van der Waals surface area contributed by atoms with Crippen LogP contribution in [0.1, 0.15) is 12.8 Å². The Morgan fingerprint density at radius 1 is 0.897 bits per heavy atom. The van der Waals surface area contributed by atoms with E-state index in [1.807, 2.05) is 48.5 Å². The summed E-state index contributed by atoms with van der Waals surface area (Å²) < 4.78 is 16.6. The smallest absolute Gasteiger partial charge is 0.245 e. The number of piperidine rings is 1. The lowest BCUT2D eigenvalue weighted by molar-refractivity contribution is 0.170. The number of methoxy groups -OCH3 is 2. The van der Waals surface area contributed by atoms with Crippen LogP contribution in [0, 0.1) is 0 Å². The van der Waals surface area contributed by atoms with Crippen LogP contribution in [0.15, 0.2) is 54.7 Å². The second-order valence-corrected chi connectivity index (χ2v) is 6.85. The average molecular weight is 392 g/mol. The van der Waals surface area contributed by atoms with Crippen LogP contribution in [0.2, 0.25) is 0 Å². The van der Waals surface area contributed by atoms with Gasteiger partial charge in [0.1, 0.15) is 23.4 Å². The molecule has 1 aliphatic rings. The fraction of sp³-hybridized carbons (Fsp3) is 0.318. The topological polar surface area (TPSA) is 69.6 Å². The molecule has 0 bridgehead atoms. The summed E-state index contributed by atoms with van der Waals surface area (Å²) in [6.45, 7) is 1.65. The first-order chi connectivity index (χ1) is 14.2. The molecule has 1 fully saturated rings. The minimum absolute atomic E-state index is 0.175. The summed E-state index contributed by atoms with van der Waals surface area (Å²) in [6, 6.07) is 15.5. The number of hydrogen-bond acceptors (Lipinski definition) is 7. The van der Waals surface area contributed by atoms with E-state index >= 15 is 0 Å². The third-order valence-electron chi connectivity index (χ3n) is 5.00. The highest BCUT2D eigenvalue weighted by molar-refractivity contribution is 5.61. The van der Waals surface area contributed by atoms with E-state index in [2.05, 4.69) is 15.1 Å². The van der Waals surface area contributed by atoms with Crippen LogP contribution >= 0.6 is 0 Å². The van der Waals surface area contributed by atoms with Crippen LogP contribution in [-0.2, 0) is 0 Å². The van der Waals surface area contributed by atoms with E-state index in [1.54, 1.807) is 20.4 Å². The molecule has 0 N–H and O–H groups in total. The van der Waals surface area contributed by atoms with Crippen LogP contribution in [0.3, 0.4) is 0 Å². The zero-order valence-corrected chi connectivity index (χ0v) is 16.6. The number of rotatable bonds is 6. The molecule has 3 aromatic rings. The van der Waals surface area contributed by atoms with Crippen molar-refractivity contribution in [2.45, 2.75) is 18.9 Å². The number of ether oxygens (including phenoxy) is 3. The molecule has 7 heteroatoms. The first kappa shape index (κ1) is 19.0. The van der Waals surface area contributed by atoms with Crippen LogP contribution < -0.4 is 19.1 Å². The standard InChI is InChI=1S/C22H24N4O3/c1-27-17-6-8-18(9-7-17)29-19-10-12-26(13-11-19)22-24-21(15-23-25-22)16-4-3-5-20(14-16)28-2/h3-9,14-15,19H,10-13H2,1-2H3. The number of hydrogen-bond donors (Lipinski definition) is 0. The first-order valence-electron chi connectivity index (χ1n) is 9.65. The van der Waals surface area contributed by atoms with Gasteiger partial charge < -0.3 is 19.1 Å². The van der Waals surface area contributed by atoms with Gasteiger partial charge in [0.15, 0.2) is 0 Å². The largest absolute Gasteiger partial charge is 0.497 e. The molecule has 1 saturated heterocycles. The van der Waals surface area contributed by atoms with Gasteiger partial charge >= 0.3 is 0 Å². The molecule has 7 nitrogen and oxygen atoms in total. The summed E-state index contributed by atoms with van der Waals surface area (Å²) in [5.41, 5.74) is 1.74. The van der Waals surface area contributed by atoms with Crippen molar-refractivity contribution in [2.75, 3.05) is 32.2 Å². The highest BCUT2D eigenvalue weighted by Gasteiger charge is 2.23. The van der Waals surface area contributed by atoms with Crippen molar-refractivity contribution in [3.8, 4) is 28.5 Å². The molecular weight excluding hydrogens is 368 g/mol. The maximum absolute atomic E-state index is 6.11. The van der Waals surface area contributed by atoms with E-state index in [0.717, 1.165) is 54.4 Å². The Morgan fingerprint density at radius 2 is 1.62 bits per heavy atom. The summed E-state index contributed by atoms with van der Waals surface area (Å²) in [5, 5.41) is 8.39. The molecule has 0 spiro atoms. The molecule has 29 heavy (non-hydrogen) atoms. The zero-order valence-electron chi connectivity index (χ0n) is 16.6. The van der Waals surface area contributed by atoms with Crippen molar-refractivity contribution in [2.24, 2.45) is 0 Å². The van der Waals surface area contributed by atoms with Gasteiger partial charge in [-0.2, -0.15) is 5.10 Å². The Hall–Kier alpha value is -3.35. The highest BCUT2D eigenvalue weighted by atomic mass is 16.5. The zero-order chi connectivity index (χ0) is 20.1. The van der Waals surface area contributed by atoms with Gasteiger partial charge in [-0.3, -0.25) is 0 Å². The summed E-state index contributed by atoms with van der Waals surface area (Å²) in [5.74, 6) is 3.13. The lowest BCUT2D eigenvalue weighted by Gasteiger charge is -2.32. The predicted molar refractivity (Wildman–Crippen MR) is 111 cm³/mol. The Kier molecular flexibility index (Phi) is 5.74. The Labute approximate surface area is 170 Å². The van der Waals surface area contributed by atoms with E-state index in [9.17, 15) is 0 Å². The minimum atomic E-state index is 0.175. The molecule has 150 valence electrons. The third kappa shape index (κ3) is 4.56. The molecule has 0 radical (unpaired) electrons. The van der Waals surface area contributed by atoms with E-state index in [1.165, 1.54) is 0 Å². The molecule has 2 heterocycles. The maximum atomic E-state index is 6.11. The van der Waals surface area contributed by atoms with Crippen molar-refractivity contribution in [1.82, 2.24) is 15.2 Å². The van der Waals surface area contributed by atoms with E-state index < -0.39 is 0 Å². The molecule has 0 aliphatic carbocycles. The quantitative estimate of drug-likeness (QED) is 0.635. The van der Waals surface area contributed by atoms with Gasteiger partial charge in [0.25, 0.3) is 0 Å². The van der Waals surface area contributed by atoms with Gasteiger partial charge in [-0.25, -0.2) is 4.98 Å². The fourth-order valence-electron chi connectivity index (χ4n) is 3.37. The molecule has 1 aromatic heterocycles. The van der Waals surface area contributed by atoms with Crippen molar-refractivity contribution in [3.63, 3.8) is 0 Å².